The van der Waals surface area contributed by atoms with Gasteiger partial charge in [0.2, 0.25) is 0 Å². The van der Waals surface area contributed by atoms with Gasteiger partial charge in [0.1, 0.15) is 6.10 Å². The quantitative estimate of drug-likeness (QED) is 0.152. The first-order chi connectivity index (χ1) is 14.6. The number of hydrogen-bond donors (Lipinski definition) is 1. The molecule has 1 N–H and O–H groups in total. The van der Waals surface area contributed by atoms with E-state index in [-0.39, 0.29) is 55.4 Å². The van der Waals surface area contributed by atoms with Gasteiger partial charge in [0.15, 0.2) is 5.79 Å². The molecule has 10 heteroatoms. The Kier molecular flexibility index (Phi) is 18.4. The summed E-state index contributed by atoms with van der Waals surface area (Å²) in [5, 5.41) is 10.0. The largest absolute Gasteiger partial charge is 1.00 e. The molecule has 186 valence electrons. The van der Waals surface area contributed by atoms with E-state index in [9.17, 15) is 18.1 Å². The average molecular weight is 490 g/mol. The van der Waals surface area contributed by atoms with Crippen molar-refractivity contribution in [2.75, 3.05) is 45.7 Å². The monoisotopic (exact) mass is 489 g/mol. The van der Waals surface area contributed by atoms with Crippen LogP contribution in [0.4, 0.5) is 0 Å². The molecule has 1 fully saturated rings. The van der Waals surface area contributed by atoms with Gasteiger partial charge in [-0.25, -0.2) is 8.42 Å². The van der Waals surface area contributed by atoms with Crippen molar-refractivity contribution in [3.8, 4) is 0 Å². The maximum atomic E-state index is 10.7. The summed E-state index contributed by atoms with van der Waals surface area (Å²) in [5.74, 6) is -1.03. The summed E-state index contributed by atoms with van der Waals surface area (Å²) in [6.07, 6.45) is 11.5. The third-order valence-corrected chi connectivity index (χ3v) is 6.27. The Morgan fingerprint density at radius 3 is 2.34 bits per heavy atom. The summed E-state index contributed by atoms with van der Waals surface area (Å²) in [7, 11) is -2.59. The van der Waals surface area contributed by atoms with Gasteiger partial charge >= 0.3 is 29.6 Å². The minimum atomic E-state index is -4.25. The standard InChI is InChI=1S/C22H45NO7S.Na/c1-4-5-6-7-8-9-10-11-12-13-22(2)29-19-21(30-22)18-28-17-20(24)16-23(3)14-15-31(25,26)27;/h20-21,24H,4-19H2,1-3H3,(H,25,26,27);/q;+1/p-1. The SMILES string of the molecule is CCCCCCCCCCCC1(C)OCC(COCC(O)CN(C)CCS(=O)(=O)[O-])O1.[Na+]. The molecule has 1 saturated heterocycles. The van der Waals surface area contributed by atoms with Crippen LogP contribution in [0.1, 0.15) is 78.1 Å². The normalized spacial score (nSPS) is 22.2. The number of aliphatic hydroxyl groups is 1. The minimum absolute atomic E-state index is 0. The molecular formula is C22H44NNaO7S. The molecule has 0 radical (unpaired) electrons. The van der Waals surface area contributed by atoms with Gasteiger partial charge < -0.3 is 28.8 Å². The molecule has 0 saturated carbocycles. The van der Waals surface area contributed by atoms with E-state index in [0.29, 0.717) is 13.2 Å². The molecule has 1 heterocycles. The Morgan fingerprint density at radius 1 is 1.16 bits per heavy atom. The molecule has 0 aromatic heterocycles. The Hall–Kier alpha value is 0.710. The van der Waals surface area contributed by atoms with E-state index in [4.69, 9.17) is 14.2 Å². The van der Waals surface area contributed by atoms with Crippen molar-refractivity contribution >= 4 is 10.1 Å². The summed E-state index contributed by atoms with van der Waals surface area (Å²) >= 11 is 0. The average Bonchev–Trinajstić information content (AvgIpc) is 3.06. The summed E-state index contributed by atoms with van der Waals surface area (Å²) in [5.41, 5.74) is 0. The van der Waals surface area contributed by atoms with Crippen LogP contribution in [0.2, 0.25) is 0 Å². The van der Waals surface area contributed by atoms with Crippen LogP contribution in [0.5, 0.6) is 0 Å². The Balaban J connectivity index is 0.00000961. The smallest absolute Gasteiger partial charge is 0.748 e. The number of unbranched alkanes of at least 4 members (excludes halogenated alkanes) is 8. The van der Waals surface area contributed by atoms with Gasteiger partial charge in [-0.15, -0.1) is 0 Å². The summed E-state index contributed by atoms with van der Waals surface area (Å²) in [4.78, 5) is 1.60. The summed E-state index contributed by atoms with van der Waals surface area (Å²) in [6, 6.07) is 0. The zero-order chi connectivity index (χ0) is 23.2. The fourth-order valence-corrected chi connectivity index (χ4v) is 4.30. The molecule has 1 aliphatic heterocycles. The van der Waals surface area contributed by atoms with E-state index in [1.165, 1.54) is 51.4 Å². The second-order valence-electron chi connectivity index (χ2n) is 8.98. The maximum absolute atomic E-state index is 10.7. The van der Waals surface area contributed by atoms with Crippen LogP contribution in [0, 0.1) is 0 Å². The fraction of sp³-hybridized carbons (Fsp3) is 1.00. The Labute approximate surface area is 217 Å². The minimum Gasteiger partial charge on any atom is -0.748 e. The first kappa shape index (κ1) is 32.7. The summed E-state index contributed by atoms with van der Waals surface area (Å²) in [6.45, 7) is 5.46. The van der Waals surface area contributed by atoms with Crippen LogP contribution in [-0.4, -0.2) is 86.7 Å². The van der Waals surface area contributed by atoms with E-state index in [2.05, 4.69) is 6.92 Å². The van der Waals surface area contributed by atoms with E-state index < -0.39 is 27.8 Å². The van der Waals surface area contributed by atoms with Gasteiger partial charge in [0, 0.05) is 19.5 Å². The fourth-order valence-electron chi connectivity index (χ4n) is 3.77. The van der Waals surface area contributed by atoms with Crippen LogP contribution >= 0.6 is 0 Å². The van der Waals surface area contributed by atoms with Crippen LogP contribution < -0.4 is 29.6 Å². The molecule has 0 aliphatic carbocycles. The van der Waals surface area contributed by atoms with Crippen LogP contribution in [0.3, 0.4) is 0 Å². The molecule has 0 bridgehead atoms. The number of hydrogen-bond acceptors (Lipinski definition) is 8. The number of likely N-dealkylation sites (N-methyl/N-ethyl adjacent to an activating group) is 1. The van der Waals surface area contributed by atoms with Gasteiger partial charge in [0.25, 0.3) is 0 Å². The van der Waals surface area contributed by atoms with Crippen molar-refractivity contribution in [3.63, 3.8) is 0 Å². The van der Waals surface area contributed by atoms with E-state index in [1.807, 2.05) is 6.92 Å². The predicted molar refractivity (Wildman–Crippen MR) is 120 cm³/mol. The van der Waals surface area contributed by atoms with Crippen molar-refractivity contribution in [1.82, 2.24) is 4.90 Å². The molecule has 0 amide bonds. The number of nitrogens with zero attached hydrogens (tertiary/aromatic N) is 1. The molecule has 3 unspecified atom stereocenters. The zero-order valence-corrected chi connectivity index (χ0v) is 23.5. The van der Waals surface area contributed by atoms with E-state index >= 15 is 0 Å². The topological polar surface area (TPSA) is 108 Å². The molecule has 3 atom stereocenters. The van der Waals surface area contributed by atoms with Crippen molar-refractivity contribution < 1.29 is 61.8 Å². The number of ether oxygens (including phenoxy) is 3. The molecule has 8 nitrogen and oxygen atoms in total. The van der Waals surface area contributed by atoms with Gasteiger partial charge in [-0.2, -0.15) is 0 Å². The molecule has 0 spiro atoms. The van der Waals surface area contributed by atoms with Crippen molar-refractivity contribution in [1.29, 1.82) is 0 Å². The second kappa shape index (κ2) is 18.0. The van der Waals surface area contributed by atoms with Gasteiger partial charge in [-0.1, -0.05) is 58.3 Å². The molecule has 32 heavy (non-hydrogen) atoms. The Bertz CT molecular complexity index is 566. The van der Waals surface area contributed by atoms with Crippen molar-refractivity contribution in [2.45, 2.75) is 96.1 Å². The predicted octanol–water partition coefficient (Wildman–Crippen LogP) is -0.103. The molecule has 1 aliphatic rings. The molecule has 0 aromatic carbocycles. The molecular weight excluding hydrogens is 445 g/mol. The third kappa shape index (κ3) is 17.2. The van der Waals surface area contributed by atoms with Gasteiger partial charge in [-0.05, 0) is 20.4 Å². The van der Waals surface area contributed by atoms with E-state index in [0.717, 1.165) is 12.8 Å². The van der Waals surface area contributed by atoms with Crippen molar-refractivity contribution in [3.05, 3.63) is 0 Å². The first-order valence-electron chi connectivity index (χ1n) is 11.8. The van der Waals surface area contributed by atoms with Crippen LogP contribution in [0.25, 0.3) is 0 Å². The Morgan fingerprint density at radius 2 is 1.75 bits per heavy atom. The maximum Gasteiger partial charge on any atom is 1.00 e. The zero-order valence-electron chi connectivity index (χ0n) is 20.7. The van der Waals surface area contributed by atoms with Gasteiger partial charge in [-0.3, -0.25) is 0 Å². The number of rotatable bonds is 19. The van der Waals surface area contributed by atoms with E-state index in [1.54, 1.807) is 11.9 Å². The van der Waals surface area contributed by atoms with Crippen LogP contribution in [-0.2, 0) is 24.3 Å². The van der Waals surface area contributed by atoms with Crippen molar-refractivity contribution in [2.24, 2.45) is 0 Å². The molecule has 1 rings (SSSR count). The van der Waals surface area contributed by atoms with Gasteiger partial charge in [0.05, 0.1) is 41.8 Å². The summed E-state index contributed by atoms with van der Waals surface area (Å²) < 4.78 is 49.4. The first-order valence-corrected chi connectivity index (χ1v) is 13.4. The molecule has 0 aromatic rings. The second-order valence-corrected chi connectivity index (χ2v) is 10.5. The third-order valence-electron chi connectivity index (χ3n) is 5.58. The number of aliphatic hydroxyl groups excluding tert-OH is 1. The van der Waals surface area contributed by atoms with Crippen LogP contribution in [0.15, 0.2) is 0 Å².